The third kappa shape index (κ3) is 3.75. The van der Waals surface area contributed by atoms with Gasteiger partial charge in [-0.05, 0) is 37.4 Å². The maximum atomic E-state index is 13.9. The van der Waals surface area contributed by atoms with E-state index in [0.29, 0.717) is 27.9 Å². The van der Waals surface area contributed by atoms with Crippen LogP contribution in [0.1, 0.15) is 0 Å². The van der Waals surface area contributed by atoms with Crippen LogP contribution in [0, 0.1) is 0 Å². The van der Waals surface area contributed by atoms with Crippen LogP contribution in [0.2, 0.25) is 0 Å². The predicted octanol–water partition coefficient (Wildman–Crippen LogP) is 1.83. The Balaban J connectivity index is 2.18. The van der Waals surface area contributed by atoms with Gasteiger partial charge >= 0.3 is 0 Å². The second-order valence-corrected chi connectivity index (χ2v) is 7.76. The summed E-state index contributed by atoms with van der Waals surface area (Å²) in [6.45, 7) is -0.00387. The summed E-state index contributed by atoms with van der Waals surface area (Å²) >= 11 is 0. The van der Waals surface area contributed by atoms with Gasteiger partial charge in [-0.3, -0.25) is 0 Å². The van der Waals surface area contributed by atoms with Crippen LogP contribution in [0.4, 0.5) is 4.39 Å². The molecule has 0 fully saturated rings. The number of nitrogens with two attached hydrogens (primary N) is 1. The fourth-order valence-corrected chi connectivity index (χ4v) is 3.60. The zero-order valence-electron chi connectivity index (χ0n) is 15.4. The van der Waals surface area contributed by atoms with Crippen molar-refractivity contribution in [3.8, 4) is 16.9 Å². The first-order valence-electron chi connectivity index (χ1n) is 8.40. The van der Waals surface area contributed by atoms with Crippen molar-refractivity contribution in [1.29, 1.82) is 0 Å². The molecule has 0 aliphatic carbocycles. The molecule has 28 heavy (non-hydrogen) atoms. The fourth-order valence-electron chi connectivity index (χ4n) is 2.84. The third-order valence-corrected chi connectivity index (χ3v) is 5.64. The van der Waals surface area contributed by atoms with Crippen LogP contribution in [0.15, 0.2) is 53.2 Å². The van der Waals surface area contributed by atoms with Crippen LogP contribution < -0.4 is 15.2 Å². The van der Waals surface area contributed by atoms with Crippen LogP contribution in [0.3, 0.4) is 0 Å². The summed E-state index contributed by atoms with van der Waals surface area (Å²) in [5.41, 5.74) is 7.59. The molecule has 0 saturated carbocycles. The minimum absolute atomic E-state index is 0.0899. The molecule has 3 aromatic rings. The summed E-state index contributed by atoms with van der Waals surface area (Å²) < 4.78 is 47.4. The van der Waals surface area contributed by atoms with Crippen LogP contribution >= 0.6 is 0 Å². The largest absolute Gasteiger partial charge is 0.496 e. The number of aromatic nitrogens is 3. The van der Waals surface area contributed by atoms with E-state index in [1.165, 1.54) is 37.0 Å². The Hall–Kier alpha value is -2.82. The van der Waals surface area contributed by atoms with Gasteiger partial charge in [-0.2, -0.15) is 0 Å². The van der Waals surface area contributed by atoms with Crippen LogP contribution in [0.5, 0.6) is 5.75 Å². The van der Waals surface area contributed by atoms with E-state index in [4.69, 9.17) is 10.5 Å². The summed E-state index contributed by atoms with van der Waals surface area (Å²) in [5.74, 6) is 0.0608. The lowest BCUT2D eigenvalue weighted by Crippen LogP contribution is -2.18. The van der Waals surface area contributed by atoms with Gasteiger partial charge in [0.05, 0.1) is 24.1 Å². The minimum Gasteiger partial charge on any atom is -0.496 e. The van der Waals surface area contributed by atoms with Gasteiger partial charge in [-0.25, -0.2) is 22.2 Å². The predicted molar refractivity (Wildman–Crippen MR) is 104 cm³/mol. The molecule has 0 radical (unpaired) electrons. The molecule has 0 bridgehead atoms. The molecule has 8 nitrogen and oxygen atoms in total. The molecule has 0 aliphatic heterocycles. The Kier molecular flexibility index (Phi) is 5.73. The van der Waals surface area contributed by atoms with Crippen LogP contribution in [-0.4, -0.2) is 44.1 Å². The van der Waals surface area contributed by atoms with Crippen molar-refractivity contribution < 1.29 is 17.5 Å². The number of ether oxygens (including phenoxy) is 1. The second kappa shape index (κ2) is 8.05. The summed E-state index contributed by atoms with van der Waals surface area (Å²) in [5, 5.41) is 8.18. The van der Waals surface area contributed by atoms with Crippen molar-refractivity contribution in [3.05, 3.63) is 48.3 Å². The number of nitrogens with one attached hydrogen (secondary N) is 1. The monoisotopic (exact) mass is 405 g/mol. The van der Waals surface area contributed by atoms with E-state index in [2.05, 4.69) is 15.0 Å². The first-order valence-corrected chi connectivity index (χ1v) is 9.88. The molecule has 0 unspecified atom stereocenters. The number of nitrogens with zero attached hydrogens (tertiary/aromatic N) is 3. The highest BCUT2D eigenvalue weighted by molar-refractivity contribution is 7.89. The zero-order chi connectivity index (χ0) is 20.3. The van der Waals surface area contributed by atoms with E-state index in [9.17, 15) is 12.8 Å². The number of hydrogen-bond acceptors (Lipinski definition) is 6. The van der Waals surface area contributed by atoms with Crippen LogP contribution in [0.25, 0.3) is 22.2 Å². The van der Waals surface area contributed by atoms with Gasteiger partial charge in [0, 0.05) is 17.7 Å². The van der Waals surface area contributed by atoms with Crippen molar-refractivity contribution in [3.63, 3.8) is 0 Å². The van der Waals surface area contributed by atoms with Crippen molar-refractivity contribution in [2.24, 2.45) is 5.73 Å². The van der Waals surface area contributed by atoms with Crippen molar-refractivity contribution >= 4 is 21.1 Å². The maximum Gasteiger partial charge on any atom is 0.240 e. The van der Waals surface area contributed by atoms with E-state index in [0.717, 1.165) is 0 Å². The summed E-state index contributed by atoms with van der Waals surface area (Å²) in [6.07, 6.45) is 1.27. The van der Waals surface area contributed by atoms with Crippen molar-refractivity contribution in [2.75, 3.05) is 20.7 Å². The average Bonchev–Trinajstić information content (AvgIpc) is 3.10. The van der Waals surface area contributed by atoms with E-state index in [1.54, 1.807) is 24.3 Å². The lowest BCUT2D eigenvalue weighted by Gasteiger charge is -2.12. The first kappa shape index (κ1) is 19.9. The molecular formula is C18H20FN5O3S. The van der Waals surface area contributed by atoms with Gasteiger partial charge < -0.3 is 10.5 Å². The summed E-state index contributed by atoms with van der Waals surface area (Å²) in [6, 6.07) is 9.84. The molecular weight excluding hydrogens is 385 g/mol. The second-order valence-electron chi connectivity index (χ2n) is 5.88. The SMILES string of the molecule is CNS(=O)(=O)c1ccc(OC)c(-c2cccc3c2nnn3C/C(F)=C/CN)c1. The Morgan fingerprint density at radius 2 is 2.11 bits per heavy atom. The highest BCUT2D eigenvalue weighted by atomic mass is 32.2. The Bertz CT molecular complexity index is 1140. The molecule has 1 heterocycles. The molecule has 1 aromatic heterocycles. The number of hydrogen-bond donors (Lipinski definition) is 2. The summed E-state index contributed by atoms with van der Waals surface area (Å²) in [4.78, 5) is 0.0899. The normalized spacial score (nSPS) is 12.5. The van der Waals surface area contributed by atoms with E-state index in [-0.39, 0.29) is 18.0 Å². The molecule has 0 aliphatic rings. The Morgan fingerprint density at radius 3 is 2.79 bits per heavy atom. The first-order chi connectivity index (χ1) is 13.4. The molecule has 148 valence electrons. The lowest BCUT2D eigenvalue weighted by molar-refractivity contribution is 0.416. The Labute approximate surface area is 161 Å². The molecule has 2 aromatic carbocycles. The van der Waals surface area contributed by atoms with Gasteiger partial charge in [0.15, 0.2) is 0 Å². The number of benzene rings is 2. The van der Waals surface area contributed by atoms with Gasteiger partial charge in [-0.1, -0.05) is 17.3 Å². The number of halogens is 1. The Morgan fingerprint density at radius 1 is 1.32 bits per heavy atom. The maximum absolute atomic E-state index is 13.9. The quantitative estimate of drug-likeness (QED) is 0.620. The third-order valence-electron chi connectivity index (χ3n) is 4.23. The molecule has 10 heteroatoms. The molecule has 0 atom stereocenters. The number of allylic oxidation sites excluding steroid dienone is 1. The van der Waals surface area contributed by atoms with Crippen molar-refractivity contribution in [2.45, 2.75) is 11.4 Å². The van der Waals surface area contributed by atoms with Gasteiger partial charge in [0.25, 0.3) is 0 Å². The number of rotatable bonds is 7. The highest BCUT2D eigenvalue weighted by Gasteiger charge is 2.19. The highest BCUT2D eigenvalue weighted by Crippen LogP contribution is 2.35. The average molecular weight is 405 g/mol. The summed E-state index contributed by atoms with van der Waals surface area (Å²) in [7, 11) is -0.802. The van der Waals surface area contributed by atoms with Gasteiger partial charge in [0.2, 0.25) is 10.0 Å². The number of sulfonamides is 1. The van der Waals surface area contributed by atoms with Gasteiger partial charge in [0.1, 0.15) is 17.1 Å². The van der Waals surface area contributed by atoms with E-state index in [1.807, 2.05) is 0 Å². The topological polar surface area (TPSA) is 112 Å². The molecule has 3 rings (SSSR count). The minimum atomic E-state index is -3.64. The molecule has 0 saturated heterocycles. The number of fused-ring (bicyclic) bond motifs is 1. The zero-order valence-corrected chi connectivity index (χ0v) is 16.2. The smallest absolute Gasteiger partial charge is 0.240 e. The van der Waals surface area contributed by atoms with Crippen molar-refractivity contribution in [1.82, 2.24) is 19.7 Å². The fraction of sp³-hybridized carbons (Fsp3) is 0.222. The molecule has 3 N–H and O–H groups in total. The lowest BCUT2D eigenvalue weighted by atomic mass is 10.0. The van der Waals surface area contributed by atoms with E-state index >= 15 is 0 Å². The van der Waals surface area contributed by atoms with Crippen LogP contribution in [-0.2, 0) is 16.6 Å². The van der Waals surface area contributed by atoms with Gasteiger partial charge in [-0.15, -0.1) is 5.10 Å². The van der Waals surface area contributed by atoms with E-state index < -0.39 is 15.9 Å². The molecule has 0 amide bonds. The standard InChI is InChI=1S/C18H20FN5O3S/c1-21-28(25,26)13-6-7-17(27-2)15(10-13)14-4-3-5-16-18(14)22-23-24(16)11-12(19)8-9-20/h3-8,10,21H,9,11,20H2,1-2H3/b12-8-. The number of methoxy groups -OCH3 is 1. The molecule has 0 spiro atoms.